The number of rotatable bonds is 8. The molecule has 1 fully saturated rings. The fraction of sp³-hybridized carbons (Fsp3) is 0.462. The van der Waals surface area contributed by atoms with Crippen molar-refractivity contribution in [3.05, 3.63) is 63.1 Å². The lowest BCUT2D eigenvalue weighted by atomic mass is 10.1. The van der Waals surface area contributed by atoms with Gasteiger partial charge in [-0.2, -0.15) is 0 Å². The van der Waals surface area contributed by atoms with Gasteiger partial charge in [0.05, 0.1) is 0 Å². The maximum Gasteiger partial charge on any atom is 0.261 e. The Kier molecular flexibility index (Phi) is 8.35. The van der Waals surface area contributed by atoms with Gasteiger partial charge in [-0.05, 0) is 69.4 Å². The lowest BCUT2D eigenvalue weighted by Gasteiger charge is -2.30. The number of hydrogen-bond acceptors (Lipinski definition) is 3. The van der Waals surface area contributed by atoms with Crippen LogP contribution in [0.2, 0.25) is 0 Å². The molecule has 0 bridgehead atoms. The zero-order valence-corrected chi connectivity index (χ0v) is 21.0. The van der Waals surface area contributed by atoms with Crippen LogP contribution in [0, 0.1) is 20.8 Å². The van der Waals surface area contributed by atoms with E-state index in [1.165, 1.54) is 0 Å². The topological polar surface area (TPSA) is 58.6 Å². The Morgan fingerprint density at radius 3 is 2.41 bits per heavy atom. The number of nitrogens with zero attached hydrogens (tertiary/aromatic N) is 1. The molecule has 3 rings (SSSR count). The molecular weight excluding hydrogens is 468 g/mol. The summed E-state index contributed by atoms with van der Waals surface area (Å²) < 4.78 is 6.88. The van der Waals surface area contributed by atoms with Crippen molar-refractivity contribution in [3.8, 4) is 5.75 Å². The summed E-state index contributed by atoms with van der Waals surface area (Å²) in [6, 6.07) is 11.5. The smallest absolute Gasteiger partial charge is 0.261 e. The van der Waals surface area contributed by atoms with Crippen molar-refractivity contribution in [2.45, 2.75) is 72.0 Å². The molecule has 2 aromatic carbocycles. The first-order chi connectivity index (χ1) is 15.2. The van der Waals surface area contributed by atoms with E-state index in [4.69, 9.17) is 4.74 Å². The van der Waals surface area contributed by atoms with Crippen molar-refractivity contribution in [2.24, 2.45) is 0 Å². The zero-order valence-electron chi connectivity index (χ0n) is 19.4. The number of benzene rings is 2. The average Bonchev–Trinajstić information content (AvgIpc) is 3.26. The standard InChI is InChI=1S/C26H33BrN2O3/c1-17-8-7-9-21(12-17)15-29(20(4)26(31)28-22-10-5-6-11-22)24(30)16-32-23-13-18(2)25(27)19(3)14-23/h7-9,12-14,20,22H,5-6,10-11,15-16H2,1-4H3,(H,28,31)/t20-/m0/s1. The van der Waals surface area contributed by atoms with Crippen molar-refractivity contribution >= 4 is 27.7 Å². The summed E-state index contributed by atoms with van der Waals surface area (Å²) in [5, 5.41) is 3.13. The molecule has 1 aliphatic rings. The van der Waals surface area contributed by atoms with Gasteiger partial charge in [-0.1, -0.05) is 58.6 Å². The van der Waals surface area contributed by atoms with Gasteiger partial charge in [0.1, 0.15) is 11.8 Å². The van der Waals surface area contributed by atoms with E-state index in [9.17, 15) is 9.59 Å². The maximum absolute atomic E-state index is 13.2. The molecule has 5 nitrogen and oxygen atoms in total. The molecule has 32 heavy (non-hydrogen) atoms. The molecule has 2 aromatic rings. The largest absolute Gasteiger partial charge is 0.484 e. The molecule has 0 aromatic heterocycles. The number of amides is 2. The van der Waals surface area contributed by atoms with Crippen molar-refractivity contribution in [3.63, 3.8) is 0 Å². The van der Waals surface area contributed by atoms with Gasteiger partial charge < -0.3 is 15.0 Å². The van der Waals surface area contributed by atoms with E-state index < -0.39 is 6.04 Å². The minimum atomic E-state index is -0.583. The van der Waals surface area contributed by atoms with Crippen LogP contribution in [-0.4, -0.2) is 35.4 Å². The molecule has 0 radical (unpaired) electrons. The number of aryl methyl sites for hydroxylation is 3. The molecule has 1 saturated carbocycles. The number of hydrogen-bond donors (Lipinski definition) is 1. The normalized spacial score (nSPS) is 14.8. The fourth-order valence-electron chi connectivity index (χ4n) is 4.20. The number of carbonyl (C=O) groups is 2. The van der Waals surface area contributed by atoms with E-state index in [2.05, 4.69) is 21.2 Å². The summed E-state index contributed by atoms with van der Waals surface area (Å²) in [6.45, 7) is 8.05. The summed E-state index contributed by atoms with van der Waals surface area (Å²) >= 11 is 3.55. The third-order valence-corrected chi connectivity index (χ3v) is 7.33. The number of carbonyl (C=O) groups excluding carboxylic acids is 2. The Hall–Kier alpha value is -2.34. The van der Waals surface area contributed by atoms with Gasteiger partial charge in [-0.15, -0.1) is 0 Å². The first-order valence-corrected chi connectivity index (χ1v) is 12.1. The molecule has 172 valence electrons. The Bertz CT molecular complexity index is 946. The highest BCUT2D eigenvalue weighted by atomic mass is 79.9. The van der Waals surface area contributed by atoms with Crippen LogP contribution in [0.1, 0.15) is 54.9 Å². The first-order valence-electron chi connectivity index (χ1n) is 11.3. The summed E-state index contributed by atoms with van der Waals surface area (Å²) in [4.78, 5) is 27.8. The predicted molar refractivity (Wildman–Crippen MR) is 131 cm³/mol. The highest BCUT2D eigenvalue weighted by Gasteiger charge is 2.28. The highest BCUT2D eigenvalue weighted by molar-refractivity contribution is 9.10. The van der Waals surface area contributed by atoms with Crippen LogP contribution in [0.15, 0.2) is 40.9 Å². The molecule has 2 amide bonds. The van der Waals surface area contributed by atoms with E-state index in [0.29, 0.717) is 12.3 Å². The van der Waals surface area contributed by atoms with Crippen molar-refractivity contribution in [1.29, 1.82) is 0 Å². The summed E-state index contributed by atoms with van der Waals surface area (Å²) in [5.41, 5.74) is 4.21. The van der Waals surface area contributed by atoms with Crippen LogP contribution in [0.5, 0.6) is 5.75 Å². The van der Waals surface area contributed by atoms with Crippen molar-refractivity contribution in [1.82, 2.24) is 10.2 Å². The van der Waals surface area contributed by atoms with Crippen LogP contribution >= 0.6 is 15.9 Å². The van der Waals surface area contributed by atoms with Gasteiger partial charge in [0, 0.05) is 17.1 Å². The third-order valence-electron chi connectivity index (χ3n) is 6.08. The lowest BCUT2D eigenvalue weighted by Crippen LogP contribution is -2.50. The second-order valence-electron chi connectivity index (χ2n) is 8.84. The number of ether oxygens (including phenoxy) is 1. The Labute approximate surface area is 199 Å². The summed E-state index contributed by atoms with van der Waals surface area (Å²) in [5.74, 6) is 0.335. The van der Waals surface area contributed by atoms with Crippen LogP contribution in [0.4, 0.5) is 0 Å². The van der Waals surface area contributed by atoms with E-state index in [-0.39, 0.29) is 24.5 Å². The van der Waals surface area contributed by atoms with Crippen molar-refractivity contribution < 1.29 is 14.3 Å². The molecule has 1 atom stereocenters. The fourth-order valence-corrected chi connectivity index (χ4v) is 4.43. The monoisotopic (exact) mass is 500 g/mol. The molecular formula is C26H33BrN2O3. The lowest BCUT2D eigenvalue weighted by molar-refractivity contribution is -0.142. The highest BCUT2D eigenvalue weighted by Crippen LogP contribution is 2.26. The van der Waals surface area contributed by atoms with Gasteiger partial charge in [0.15, 0.2) is 6.61 Å². The molecule has 0 saturated heterocycles. The van der Waals surface area contributed by atoms with Crippen LogP contribution in [0.3, 0.4) is 0 Å². The maximum atomic E-state index is 13.2. The molecule has 1 aliphatic carbocycles. The third kappa shape index (κ3) is 6.35. The van der Waals surface area contributed by atoms with E-state index in [1.807, 2.05) is 57.2 Å². The Morgan fingerprint density at radius 2 is 1.78 bits per heavy atom. The van der Waals surface area contributed by atoms with Gasteiger partial charge in [-0.3, -0.25) is 9.59 Å². The number of halogens is 1. The molecule has 0 spiro atoms. The Balaban J connectivity index is 1.74. The average molecular weight is 501 g/mol. The second-order valence-corrected chi connectivity index (χ2v) is 9.63. The second kappa shape index (κ2) is 11.0. The van der Waals surface area contributed by atoms with Gasteiger partial charge in [-0.25, -0.2) is 0 Å². The zero-order chi connectivity index (χ0) is 23.3. The van der Waals surface area contributed by atoms with Gasteiger partial charge >= 0.3 is 0 Å². The van der Waals surface area contributed by atoms with Gasteiger partial charge in [0.25, 0.3) is 5.91 Å². The number of nitrogens with one attached hydrogen (secondary N) is 1. The predicted octanol–water partition coefficient (Wildman–Crippen LogP) is 5.23. The molecule has 0 heterocycles. The molecule has 0 unspecified atom stereocenters. The molecule has 6 heteroatoms. The Morgan fingerprint density at radius 1 is 1.12 bits per heavy atom. The summed E-state index contributed by atoms with van der Waals surface area (Å²) in [6.07, 6.45) is 4.31. The van der Waals surface area contributed by atoms with Crippen LogP contribution in [0.25, 0.3) is 0 Å². The van der Waals surface area contributed by atoms with E-state index in [1.54, 1.807) is 11.8 Å². The quantitative estimate of drug-likeness (QED) is 0.539. The van der Waals surface area contributed by atoms with Gasteiger partial charge in [0.2, 0.25) is 5.91 Å². The minimum absolute atomic E-state index is 0.103. The van der Waals surface area contributed by atoms with E-state index >= 15 is 0 Å². The van der Waals surface area contributed by atoms with E-state index in [0.717, 1.165) is 52.4 Å². The van der Waals surface area contributed by atoms with Crippen molar-refractivity contribution in [2.75, 3.05) is 6.61 Å². The summed E-state index contributed by atoms with van der Waals surface area (Å²) in [7, 11) is 0. The molecule has 0 aliphatic heterocycles. The van der Waals surface area contributed by atoms with Crippen LogP contribution in [-0.2, 0) is 16.1 Å². The van der Waals surface area contributed by atoms with Crippen LogP contribution < -0.4 is 10.1 Å². The minimum Gasteiger partial charge on any atom is -0.484 e. The first kappa shape index (κ1) is 24.3. The molecule has 1 N–H and O–H groups in total. The SMILES string of the molecule is Cc1cccc(CN(C(=O)COc2cc(C)c(Br)c(C)c2)[C@@H](C)C(=O)NC2CCCC2)c1.